The maximum absolute atomic E-state index is 13.2. The van der Waals surface area contributed by atoms with Crippen molar-refractivity contribution in [3.05, 3.63) is 41.1 Å². The molecule has 6 heteroatoms. The Morgan fingerprint density at radius 3 is 2.68 bits per heavy atom. The van der Waals surface area contributed by atoms with Gasteiger partial charge in [-0.15, -0.1) is 0 Å². The summed E-state index contributed by atoms with van der Waals surface area (Å²) in [6, 6.07) is 7.71. The molecule has 0 bridgehead atoms. The van der Waals surface area contributed by atoms with E-state index in [1.165, 1.54) is 0 Å². The van der Waals surface area contributed by atoms with Gasteiger partial charge in [0.15, 0.2) is 0 Å². The predicted molar refractivity (Wildman–Crippen MR) is 120 cm³/mol. The van der Waals surface area contributed by atoms with Crippen molar-refractivity contribution < 1.29 is 23.8 Å². The second-order valence-electron chi connectivity index (χ2n) is 7.95. The van der Waals surface area contributed by atoms with E-state index < -0.39 is 17.8 Å². The number of Topliss-reactive ketones (excluding diaryl/α,β-unsaturated/α-hetero) is 1. The number of carbonyl (C=O) groups is 2. The first-order valence-corrected chi connectivity index (χ1v) is 11.4. The van der Waals surface area contributed by atoms with Gasteiger partial charge in [-0.1, -0.05) is 31.5 Å². The van der Waals surface area contributed by atoms with Crippen LogP contribution in [0.15, 0.2) is 40.5 Å². The number of hydrogen-bond donors (Lipinski definition) is 0. The van der Waals surface area contributed by atoms with Crippen molar-refractivity contribution in [2.45, 2.75) is 58.8 Å². The number of aliphatic imine (C=N–C) groups is 1. The summed E-state index contributed by atoms with van der Waals surface area (Å²) in [7, 11) is 0. The number of carbonyl (C=O) groups excluding carboxylic acids is 2. The molecule has 1 aliphatic carbocycles. The number of esters is 1. The van der Waals surface area contributed by atoms with Crippen LogP contribution in [0.4, 0.5) is 0 Å². The smallest absolute Gasteiger partial charge is 0.336 e. The van der Waals surface area contributed by atoms with E-state index in [1.807, 2.05) is 38.1 Å². The highest BCUT2D eigenvalue weighted by Crippen LogP contribution is 2.45. The summed E-state index contributed by atoms with van der Waals surface area (Å²) < 4.78 is 16.9. The average molecular weight is 428 g/mol. The summed E-state index contributed by atoms with van der Waals surface area (Å²) >= 11 is 0. The fourth-order valence-corrected chi connectivity index (χ4v) is 4.33. The van der Waals surface area contributed by atoms with Crippen LogP contribution in [-0.4, -0.2) is 43.9 Å². The van der Waals surface area contributed by atoms with Gasteiger partial charge in [-0.3, -0.25) is 9.79 Å². The molecule has 1 aromatic carbocycles. The van der Waals surface area contributed by atoms with Gasteiger partial charge in [-0.2, -0.15) is 0 Å². The first-order valence-electron chi connectivity index (χ1n) is 11.4. The number of hydrogen-bond acceptors (Lipinski definition) is 6. The van der Waals surface area contributed by atoms with Crippen LogP contribution in [-0.2, 0) is 19.1 Å². The fraction of sp³-hybridized carbons (Fsp3) is 0.560. The van der Waals surface area contributed by atoms with Gasteiger partial charge in [0.05, 0.1) is 24.7 Å². The highest BCUT2D eigenvalue weighted by molar-refractivity contribution is 6.11. The molecular weight excluding hydrogens is 394 g/mol. The average Bonchev–Trinajstić information content (AvgIpc) is 2.76. The Kier molecular flexibility index (Phi) is 8.41. The monoisotopic (exact) mass is 427 g/mol. The van der Waals surface area contributed by atoms with Gasteiger partial charge < -0.3 is 14.2 Å². The molecule has 1 aliphatic heterocycles. The van der Waals surface area contributed by atoms with E-state index in [4.69, 9.17) is 14.2 Å². The quantitative estimate of drug-likeness (QED) is 0.402. The predicted octanol–water partition coefficient (Wildman–Crippen LogP) is 4.63. The van der Waals surface area contributed by atoms with Crippen molar-refractivity contribution in [3.8, 4) is 5.75 Å². The topological polar surface area (TPSA) is 74.2 Å². The Morgan fingerprint density at radius 2 is 1.90 bits per heavy atom. The summed E-state index contributed by atoms with van der Waals surface area (Å²) in [5.41, 5.74) is 2.79. The zero-order valence-electron chi connectivity index (χ0n) is 18.8. The van der Waals surface area contributed by atoms with E-state index in [0.29, 0.717) is 43.3 Å². The third-order valence-corrected chi connectivity index (χ3v) is 5.80. The molecule has 31 heavy (non-hydrogen) atoms. The molecule has 1 fully saturated rings. The van der Waals surface area contributed by atoms with Gasteiger partial charge >= 0.3 is 5.97 Å². The number of rotatable bonds is 10. The Morgan fingerprint density at radius 1 is 1.10 bits per heavy atom. The number of unbranched alkanes of at least 4 members (excludes halogenated alkanes) is 1. The van der Waals surface area contributed by atoms with Crippen LogP contribution in [0.2, 0.25) is 0 Å². The zero-order chi connectivity index (χ0) is 22.2. The zero-order valence-corrected chi connectivity index (χ0v) is 18.8. The molecule has 0 radical (unpaired) electrons. The second-order valence-corrected chi connectivity index (χ2v) is 7.95. The van der Waals surface area contributed by atoms with E-state index in [-0.39, 0.29) is 12.4 Å². The lowest BCUT2D eigenvalue weighted by Gasteiger charge is -2.36. The maximum Gasteiger partial charge on any atom is 0.336 e. The molecule has 2 atom stereocenters. The number of ether oxygens (including phenoxy) is 3. The Balaban J connectivity index is 2.00. The van der Waals surface area contributed by atoms with Crippen molar-refractivity contribution in [2.75, 3.05) is 26.4 Å². The SMILES string of the molecule is CCCCOc1ccccc1[C@@H]1C(C(=O)OCCOCC)=C(C)N=C2CCCC(=O)C21. The molecule has 0 saturated heterocycles. The minimum atomic E-state index is -0.447. The van der Waals surface area contributed by atoms with Crippen molar-refractivity contribution >= 4 is 17.5 Å². The third-order valence-electron chi connectivity index (χ3n) is 5.80. The summed E-state index contributed by atoms with van der Waals surface area (Å²) in [5.74, 6) is -0.481. The minimum absolute atomic E-state index is 0.130. The van der Waals surface area contributed by atoms with Crippen LogP contribution in [0.3, 0.4) is 0 Å². The van der Waals surface area contributed by atoms with Gasteiger partial charge in [0.2, 0.25) is 0 Å². The molecule has 1 saturated carbocycles. The van der Waals surface area contributed by atoms with Crippen LogP contribution >= 0.6 is 0 Å². The molecule has 168 valence electrons. The first-order chi connectivity index (χ1) is 15.1. The van der Waals surface area contributed by atoms with Crippen LogP contribution in [0.1, 0.15) is 64.4 Å². The number of benzene rings is 1. The van der Waals surface area contributed by atoms with Gasteiger partial charge in [0.25, 0.3) is 0 Å². The number of nitrogens with zero attached hydrogens (tertiary/aromatic N) is 1. The Labute approximate surface area is 184 Å². The molecule has 1 unspecified atom stereocenters. The standard InChI is InChI=1S/C25H33NO5/c1-4-6-14-30-21-13-8-7-10-18(21)23-22(25(28)31-16-15-29-5-2)17(3)26-19-11-9-12-20(27)24(19)23/h7-8,10,13,23-24H,4-6,9,11-12,14-16H2,1-3H3/t23-,24?/m1/s1. The lowest BCUT2D eigenvalue weighted by Crippen LogP contribution is -2.39. The third kappa shape index (κ3) is 5.42. The van der Waals surface area contributed by atoms with Gasteiger partial charge in [0, 0.05) is 35.9 Å². The largest absolute Gasteiger partial charge is 0.493 e. The lowest BCUT2D eigenvalue weighted by molar-refractivity contribution is -0.141. The fourth-order valence-electron chi connectivity index (χ4n) is 4.33. The molecule has 0 spiro atoms. The normalized spacial score (nSPS) is 20.9. The van der Waals surface area contributed by atoms with Gasteiger partial charge in [-0.25, -0.2) is 4.79 Å². The van der Waals surface area contributed by atoms with Crippen LogP contribution in [0, 0.1) is 5.92 Å². The molecule has 1 aromatic rings. The molecule has 3 rings (SSSR count). The summed E-state index contributed by atoms with van der Waals surface area (Å²) in [6.07, 6.45) is 4.05. The minimum Gasteiger partial charge on any atom is -0.493 e. The number of ketones is 1. The van der Waals surface area contributed by atoms with Gasteiger partial charge in [0.1, 0.15) is 18.1 Å². The molecule has 0 amide bonds. The van der Waals surface area contributed by atoms with Crippen molar-refractivity contribution in [3.63, 3.8) is 0 Å². The summed E-state index contributed by atoms with van der Waals surface area (Å²) in [6.45, 7) is 7.50. The van der Waals surface area contributed by atoms with E-state index in [9.17, 15) is 9.59 Å². The first kappa shape index (κ1) is 23.2. The highest BCUT2D eigenvalue weighted by Gasteiger charge is 2.44. The number of fused-ring (bicyclic) bond motifs is 1. The van der Waals surface area contributed by atoms with Crippen molar-refractivity contribution in [1.29, 1.82) is 0 Å². The summed E-state index contributed by atoms with van der Waals surface area (Å²) in [4.78, 5) is 30.9. The van der Waals surface area contributed by atoms with Crippen LogP contribution in [0.5, 0.6) is 5.75 Å². The van der Waals surface area contributed by atoms with Crippen LogP contribution < -0.4 is 4.74 Å². The highest BCUT2D eigenvalue weighted by atomic mass is 16.6. The molecule has 2 aliphatic rings. The van der Waals surface area contributed by atoms with Crippen molar-refractivity contribution in [1.82, 2.24) is 0 Å². The van der Waals surface area contributed by atoms with E-state index in [2.05, 4.69) is 11.9 Å². The van der Waals surface area contributed by atoms with Crippen LogP contribution in [0.25, 0.3) is 0 Å². The van der Waals surface area contributed by atoms with E-state index in [1.54, 1.807) is 0 Å². The number of allylic oxidation sites excluding steroid dienone is 1. The second kappa shape index (κ2) is 11.2. The van der Waals surface area contributed by atoms with E-state index in [0.717, 1.165) is 37.0 Å². The Hall–Kier alpha value is -2.47. The lowest BCUT2D eigenvalue weighted by atomic mass is 9.69. The van der Waals surface area contributed by atoms with E-state index >= 15 is 0 Å². The molecular formula is C25H33NO5. The number of para-hydroxylation sites is 1. The molecule has 0 aromatic heterocycles. The van der Waals surface area contributed by atoms with Gasteiger partial charge in [-0.05, 0) is 39.2 Å². The van der Waals surface area contributed by atoms with Crippen molar-refractivity contribution in [2.24, 2.45) is 10.9 Å². The molecule has 0 N–H and O–H groups in total. The Bertz CT molecular complexity index is 857. The maximum atomic E-state index is 13.2. The molecule has 1 heterocycles. The summed E-state index contributed by atoms with van der Waals surface area (Å²) in [5, 5.41) is 0. The molecule has 6 nitrogen and oxygen atoms in total.